The molecule has 0 N–H and O–H groups in total. The molecular formula is C32H41FN4OS. The largest absolute Gasteiger partial charge is 0.612 e. The molecule has 1 saturated carbocycles. The van der Waals surface area contributed by atoms with Gasteiger partial charge >= 0.3 is 0 Å². The molecule has 7 heteroatoms. The van der Waals surface area contributed by atoms with Crippen LogP contribution in [-0.2, 0) is 18.2 Å². The van der Waals surface area contributed by atoms with Crippen molar-refractivity contribution < 1.29 is 8.94 Å². The first-order valence-electron chi connectivity index (χ1n) is 15.0. The van der Waals surface area contributed by atoms with Gasteiger partial charge < -0.3 is 14.0 Å². The first-order chi connectivity index (χ1) is 18.9. The molecule has 7 rings (SSSR count). The maximum atomic E-state index is 14.6. The molecule has 0 radical (unpaired) electrons. The quantitative estimate of drug-likeness (QED) is 0.359. The number of hydrogen-bond acceptors (Lipinski definition) is 4. The molecule has 3 saturated heterocycles. The van der Waals surface area contributed by atoms with E-state index in [-0.39, 0.29) is 4.90 Å². The van der Waals surface area contributed by atoms with Gasteiger partial charge in [-0.3, -0.25) is 4.90 Å². The van der Waals surface area contributed by atoms with Crippen LogP contribution in [-0.4, -0.2) is 67.4 Å². The lowest BCUT2D eigenvalue weighted by Crippen LogP contribution is -2.56. The maximum Gasteiger partial charge on any atom is 0.188 e. The van der Waals surface area contributed by atoms with Crippen LogP contribution in [0.4, 0.5) is 4.39 Å². The van der Waals surface area contributed by atoms with Crippen LogP contribution in [0.1, 0.15) is 74.8 Å². The van der Waals surface area contributed by atoms with Gasteiger partial charge in [-0.2, -0.15) is 0 Å². The summed E-state index contributed by atoms with van der Waals surface area (Å²) in [6, 6.07) is 12.9. The van der Waals surface area contributed by atoms with Gasteiger partial charge in [-0.15, -0.1) is 0 Å². The number of hydrogen-bond donors (Lipinski definition) is 0. The summed E-state index contributed by atoms with van der Waals surface area (Å²) in [4.78, 5) is 10.9. The highest BCUT2D eigenvalue weighted by molar-refractivity contribution is 7.90. The van der Waals surface area contributed by atoms with Crippen LogP contribution in [0.15, 0.2) is 35.2 Å². The smallest absolute Gasteiger partial charge is 0.188 e. The average Bonchev–Trinajstić information content (AvgIpc) is 3.34. The van der Waals surface area contributed by atoms with Gasteiger partial charge in [0.25, 0.3) is 0 Å². The first-order valence-corrected chi connectivity index (χ1v) is 16.5. The predicted molar refractivity (Wildman–Crippen MR) is 156 cm³/mol. The third-order valence-corrected chi connectivity index (χ3v) is 11.4. The van der Waals surface area contributed by atoms with Crippen molar-refractivity contribution >= 4 is 22.2 Å². The number of fused-ring (bicyclic) bond motifs is 3. The van der Waals surface area contributed by atoms with Crippen LogP contribution < -0.4 is 0 Å². The number of imidazole rings is 1. The molecule has 5 nitrogen and oxygen atoms in total. The summed E-state index contributed by atoms with van der Waals surface area (Å²) in [5, 5.41) is 0. The van der Waals surface area contributed by atoms with E-state index in [4.69, 9.17) is 4.98 Å². The Kier molecular flexibility index (Phi) is 6.78. The Morgan fingerprint density at radius 2 is 1.64 bits per heavy atom. The van der Waals surface area contributed by atoms with E-state index < -0.39 is 17.0 Å². The fourth-order valence-electron chi connectivity index (χ4n) is 8.21. The first kappa shape index (κ1) is 26.0. The van der Waals surface area contributed by atoms with Gasteiger partial charge in [-0.05, 0) is 124 Å². The molecule has 3 atom stereocenters. The molecule has 208 valence electrons. The van der Waals surface area contributed by atoms with E-state index in [1.54, 1.807) is 6.07 Å². The van der Waals surface area contributed by atoms with Gasteiger partial charge in [0.2, 0.25) is 0 Å². The minimum absolute atomic E-state index is 0.235. The van der Waals surface area contributed by atoms with E-state index >= 15 is 0 Å². The molecule has 4 fully saturated rings. The van der Waals surface area contributed by atoms with Gasteiger partial charge in [-0.25, -0.2) is 9.37 Å². The van der Waals surface area contributed by atoms with Crippen molar-refractivity contribution in [1.82, 2.24) is 19.4 Å². The third-order valence-electron chi connectivity index (χ3n) is 10.5. The molecule has 0 amide bonds. The third kappa shape index (κ3) is 4.54. The van der Waals surface area contributed by atoms with E-state index in [0.29, 0.717) is 11.5 Å². The molecular weight excluding hydrogens is 507 g/mol. The fraction of sp³-hybridized carbons (Fsp3) is 0.594. The van der Waals surface area contributed by atoms with E-state index in [2.05, 4.69) is 33.4 Å². The number of rotatable bonds is 5. The molecule has 4 aliphatic rings. The summed E-state index contributed by atoms with van der Waals surface area (Å²) in [6.07, 6.45) is 13.9. The van der Waals surface area contributed by atoms with Crippen LogP contribution in [0, 0.1) is 12.7 Å². The molecule has 1 aromatic heterocycles. The number of likely N-dealkylation sites (tertiary alicyclic amines) is 1. The Hall–Kier alpha value is -1.93. The Labute approximate surface area is 234 Å². The van der Waals surface area contributed by atoms with Crippen molar-refractivity contribution in [2.24, 2.45) is 7.05 Å². The molecule has 2 aromatic carbocycles. The minimum atomic E-state index is -1.35. The number of piperidine rings is 2. The van der Waals surface area contributed by atoms with Crippen molar-refractivity contribution in [2.75, 3.05) is 19.3 Å². The van der Waals surface area contributed by atoms with Crippen molar-refractivity contribution in [3.05, 3.63) is 47.3 Å². The summed E-state index contributed by atoms with van der Waals surface area (Å²) < 4.78 is 28.5. The van der Waals surface area contributed by atoms with Crippen molar-refractivity contribution in [1.29, 1.82) is 0 Å². The van der Waals surface area contributed by atoms with Gasteiger partial charge in [-0.1, -0.05) is 12.5 Å². The Balaban J connectivity index is 1.06. The van der Waals surface area contributed by atoms with E-state index in [9.17, 15) is 8.94 Å². The zero-order chi connectivity index (χ0) is 26.8. The summed E-state index contributed by atoms with van der Waals surface area (Å²) in [5.41, 5.74) is 5.39. The lowest BCUT2D eigenvalue weighted by atomic mass is 9.84. The summed E-state index contributed by atoms with van der Waals surface area (Å²) in [5.74, 6) is 0.882. The highest BCUT2D eigenvalue weighted by atomic mass is 32.2. The van der Waals surface area contributed by atoms with Gasteiger partial charge in [0.1, 0.15) is 12.1 Å². The van der Waals surface area contributed by atoms with E-state index in [0.717, 1.165) is 41.0 Å². The Morgan fingerprint density at radius 1 is 0.923 bits per heavy atom. The normalized spacial score (nSPS) is 27.8. The fourth-order valence-corrected chi connectivity index (χ4v) is 8.81. The van der Waals surface area contributed by atoms with E-state index in [1.807, 2.05) is 13.1 Å². The highest BCUT2D eigenvalue weighted by Gasteiger charge is 2.46. The zero-order valence-corrected chi connectivity index (χ0v) is 24.4. The van der Waals surface area contributed by atoms with Gasteiger partial charge in [0.15, 0.2) is 10.7 Å². The summed E-state index contributed by atoms with van der Waals surface area (Å²) in [7, 11) is 2.02. The standard InChI is InChI=1S/C32H41FN4OS/c1-20-15-23(17-29-31(20)34-32(35(29)2)22-7-10-30(39(3)38)28(33)16-22)21-11-13-36(14-12-21)27-18-25-8-9-26(19-27)37(25)24-5-4-6-24/h7,10,15-17,21,24-27H,4-6,8-9,11-14,18-19H2,1-3H3. The molecule has 3 aliphatic heterocycles. The number of halogens is 1. The second-order valence-electron chi connectivity index (χ2n) is 12.7. The van der Waals surface area contributed by atoms with Gasteiger partial charge in [0.05, 0.1) is 11.0 Å². The maximum absolute atomic E-state index is 14.6. The zero-order valence-electron chi connectivity index (χ0n) is 23.5. The lowest BCUT2D eigenvalue weighted by molar-refractivity contribution is -0.000821. The number of nitrogens with zero attached hydrogens (tertiary/aromatic N) is 4. The predicted octanol–water partition coefficient (Wildman–Crippen LogP) is 6.15. The highest BCUT2D eigenvalue weighted by Crippen LogP contribution is 2.44. The molecule has 3 aromatic rings. The minimum Gasteiger partial charge on any atom is -0.612 e. The number of aryl methyl sites for hydroxylation is 2. The van der Waals surface area contributed by atoms with Crippen LogP contribution in [0.25, 0.3) is 22.4 Å². The van der Waals surface area contributed by atoms with Crippen molar-refractivity contribution in [2.45, 2.75) is 99.7 Å². The average molecular weight is 549 g/mol. The van der Waals surface area contributed by atoms with Crippen molar-refractivity contribution in [3.63, 3.8) is 0 Å². The van der Waals surface area contributed by atoms with Crippen LogP contribution >= 0.6 is 0 Å². The molecule has 0 spiro atoms. The topological polar surface area (TPSA) is 47.4 Å². The molecule has 39 heavy (non-hydrogen) atoms. The van der Waals surface area contributed by atoms with Crippen LogP contribution in [0.2, 0.25) is 0 Å². The number of aromatic nitrogens is 2. The SMILES string of the molecule is Cc1cc(C2CCN(C3CC4CCC(C3)N4C3CCC3)CC2)cc2c1nc(-c1ccc([S+](C)[O-])c(F)c1)n2C. The Bertz CT molecular complexity index is 1360. The van der Waals surface area contributed by atoms with Gasteiger partial charge in [0, 0.05) is 36.8 Å². The summed E-state index contributed by atoms with van der Waals surface area (Å²) >= 11 is -1.35. The molecule has 2 bridgehead atoms. The molecule has 1 aliphatic carbocycles. The lowest BCUT2D eigenvalue weighted by Gasteiger charge is -2.50. The molecule has 4 heterocycles. The van der Waals surface area contributed by atoms with Crippen LogP contribution in [0.5, 0.6) is 0 Å². The second-order valence-corrected chi connectivity index (χ2v) is 14.0. The van der Waals surface area contributed by atoms with Crippen LogP contribution in [0.3, 0.4) is 0 Å². The molecule has 3 unspecified atom stereocenters. The second kappa shape index (κ2) is 10.2. The monoisotopic (exact) mass is 548 g/mol. The summed E-state index contributed by atoms with van der Waals surface area (Å²) in [6.45, 7) is 4.56. The van der Waals surface area contributed by atoms with Crippen molar-refractivity contribution in [3.8, 4) is 11.4 Å². The Morgan fingerprint density at radius 3 is 2.26 bits per heavy atom. The van der Waals surface area contributed by atoms with E-state index in [1.165, 1.54) is 94.3 Å². The number of benzene rings is 2.